The molecule has 4 heteroatoms. The van der Waals surface area contributed by atoms with Crippen molar-refractivity contribution in [2.75, 3.05) is 18.6 Å². The largest absolute Gasteiger partial charge is 0.372 e. The van der Waals surface area contributed by atoms with Crippen molar-refractivity contribution in [3.63, 3.8) is 0 Å². The van der Waals surface area contributed by atoms with E-state index in [0.717, 1.165) is 13.2 Å². The number of pyridine rings is 1. The van der Waals surface area contributed by atoms with Gasteiger partial charge in [0.1, 0.15) is 6.10 Å². The Bertz CT molecular complexity index is 801. The van der Waals surface area contributed by atoms with Crippen molar-refractivity contribution in [2.45, 2.75) is 44.2 Å². The highest BCUT2D eigenvalue weighted by Gasteiger charge is 2.24. The summed E-state index contributed by atoms with van der Waals surface area (Å²) in [6, 6.07) is 13.1. The first-order valence-corrected chi connectivity index (χ1v) is 9.78. The Morgan fingerprint density at radius 3 is 2.68 bits per heavy atom. The van der Waals surface area contributed by atoms with Gasteiger partial charge in [-0.25, -0.2) is 0 Å². The average molecular weight is 354 g/mol. The second-order valence-corrected chi connectivity index (χ2v) is 7.99. The fourth-order valence-corrected chi connectivity index (χ4v) is 4.82. The van der Waals surface area contributed by atoms with Crippen LogP contribution in [0.4, 0.5) is 5.69 Å². The molecule has 1 saturated heterocycles. The maximum atomic E-state index is 5.81. The van der Waals surface area contributed by atoms with E-state index < -0.39 is 0 Å². The highest BCUT2D eigenvalue weighted by molar-refractivity contribution is 8.03. The maximum Gasteiger partial charge on any atom is 0.179 e. The van der Waals surface area contributed by atoms with Gasteiger partial charge in [0.15, 0.2) is 17.9 Å². The van der Waals surface area contributed by atoms with Crippen LogP contribution in [0, 0.1) is 13.8 Å². The second kappa shape index (κ2) is 6.85. The lowest BCUT2D eigenvalue weighted by molar-refractivity contribution is -0.714. The van der Waals surface area contributed by atoms with Gasteiger partial charge >= 0.3 is 0 Å². The molecule has 3 nitrogen and oxygen atoms in total. The van der Waals surface area contributed by atoms with Gasteiger partial charge < -0.3 is 9.64 Å². The molecule has 0 bridgehead atoms. The van der Waals surface area contributed by atoms with Crippen LogP contribution in [-0.4, -0.2) is 19.8 Å². The molecule has 4 rings (SSSR count). The summed E-state index contributed by atoms with van der Waals surface area (Å²) < 4.78 is 8.20. The molecule has 1 aromatic carbocycles. The van der Waals surface area contributed by atoms with Gasteiger partial charge in [-0.1, -0.05) is 23.9 Å². The first kappa shape index (κ1) is 16.7. The normalized spacial score (nSPS) is 21.2. The Labute approximate surface area is 154 Å². The Balaban J connectivity index is 1.59. The third-order valence-electron chi connectivity index (χ3n) is 5.07. The van der Waals surface area contributed by atoms with Crippen molar-refractivity contribution in [1.29, 1.82) is 0 Å². The maximum absolute atomic E-state index is 5.81. The van der Waals surface area contributed by atoms with Crippen LogP contribution in [0.15, 0.2) is 46.3 Å². The molecule has 0 unspecified atom stereocenters. The number of rotatable bonds is 3. The summed E-state index contributed by atoms with van der Waals surface area (Å²) in [4.78, 5) is 3.60. The molecule has 1 fully saturated rings. The summed E-state index contributed by atoms with van der Waals surface area (Å²) in [5, 5.41) is 1.27. The van der Waals surface area contributed by atoms with E-state index in [9.17, 15) is 0 Å². The molecule has 0 radical (unpaired) electrons. The molecule has 2 aliphatic rings. The second-order valence-electron chi connectivity index (χ2n) is 6.93. The van der Waals surface area contributed by atoms with Crippen LogP contribution in [0.1, 0.15) is 29.8 Å². The van der Waals surface area contributed by atoms with E-state index in [1.54, 1.807) is 0 Å². The molecule has 130 valence electrons. The number of nitrogens with zero attached hydrogens (tertiary/aromatic N) is 2. The van der Waals surface area contributed by atoms with E-state index in [4.69, 9.17) is 4.74 Å². The number of thioether (sulfide) groups is 1. The molecule has 1 aromatic heterocycles. The molecule has 0 N–H and O–H groups in total. The third kappa shape index (κ3) is 3.33. The predicted molar refractivity (Wildman–Crippen MR) is 104 cm³/mol. The van der Waals surface area contributed by atoms with Crippen LogP contribution in [-0.2, 0) is 11.3 Å². The average Bonchev–Trinajstić information content (AvgIpc) is 3.20. The molecule has 2 aliphatic heterocycles. The quantitative estimate of drug-likeness (QED) is 0.765. The number of aromatic nitrogens is 1. The Hall–Kier alpha value is -1.78. The summed E-state index contributed by atoms with van der Waals surface area (Å²) in [7, 11) is 2.14. The molecular formula is C21H25N2OS+. The summed E-state index contributed by atoms with van der Waals surface area (Å²) in [5.41, 5.74) is 5.15. The third-order valence-corrected chi connectivity index (χ3v) is 6.24. The minimum atomic E-state index is 0.373. The van der Waals surface area contributed by atoms with Crippen LogP contribution in [0.2, 0.25) is 0 Å². The van der Waals surface area contributed by atoms with E-state index in [1.165, 1.54) is 45.4 Å². The van der Waals surface area contributed by atoms with Crippen molar-refractivity contribution in [2.24, 2.45) is 0 Å². The molecule has 0 saturated carbocycles. The molecule has 25 heavy (non-hydrogen) atoms. The van der Waals surface area contributed by atoms with Gasteiger partial charge in [-0.15, -0.1) is 0 Å². The lowest BCUT2D eigenvalue weighted by Crippen LogP contribution is -2.45. The van der Waals surface area contributed by atoms with Gasteiger partial charge in [0.25, 0.3) is 0 Å². The number of fused-ring (bicyclic) bond motifs is 1. The zero-order chi connectivity index (χ0) is 17.4. The topological polar surface area (TPSA) is 16.4 Å². The predicted octanol–water partition coefficient (Wildman–Crippen LogP) is 4.31. The summed E-state index contributed by atoms with van der Waals surface area (Å²) in [6.45, 7) is 6.28. The van der Waals surface area contributed by atoms with Crippen molar-refractivity contribution < 1.29 is 9.30 Å². The molecule has 1 atom stereocenters. The van der Waals surface area contributed by atoms with Gasteiger partial charge in [0.2, 0.25) is 0 Å². The first-order chi connectivity index (χ1) is 12.1. The molecular weight excluding hydrogens is 328 g/mol. The number of aryl methyl sites for hydroxylation is 2. The van der Waals surface area contributed by atoms with E-state index >= 15 is 0 Å². The lowest BCUT2D eigenvalue weighted by atomic mass is 10.1. The summed E-state index contributed by atoms with van der Waals surface area (Å²) in [6.07, 6.45) is 5.04. The molecule has 0 amide bonds. The van der Waals surface area contributed by atoms with E-state index in [-0.39, 0.29) is 0 Å². The number of hydrogen-bond donors (Lipinski definition) is 0. The number of para-hydroxylation sites is 1. The van der Waals surface area contributed by atoms with E-state index in [2.05, 4.69) is 72.8 Å². The molecule has 3 heterocycles. The molecule has 0 spiro atoms. The Morgan fingerprint density at radius 2 is 2.00 bits per heavy atom. The smallest absolute Gasteiger partial charge is 0.179 e. The first-order valence-electron chi connectivity index (χ1n) is 8.97. The van der Waals surface area contributed by atoms with E-state index in [1.807, 2.05) is 11.8 Å². The monoisotopic (exact) mass is 353 g/mol. The van der Waals surface area contributed by atoms with Crippen molar-refractivity contribution in [3.05, 3.63) is 58.4 Å². The van der Waals surface area contributed by atoms with Crippen molar-refractivity contribution in [1.82, 2.24) is 0 Å². The van der Waals surface area contributed by atoms with Crippen LogP contribution in [0.3, 0.4) is 0 Å². The van der Waals surface area contributed by atoms with Gasteiger partial charge in [-0.2, -0.15) is 4.57 Å². The van der Waals surface area contributed by atoms with Crippen molar-refractivity contribution >= 4 is 23.5 Å². The zero-order valence-corrected chi connectivity index (χ0v) is 16.0. The molecule has 0 aliphatic carbocycles. The summed E-state index contributed by atoms with van der Waals surface area (Å²) in [5.74, 6) is 0. The van der Waals surface area contributed by atoms with Gasteiger partial charge in [0.05, 0.1) is 10.7 Å². The summed E-state index contributed by atoms with van der Waals surface area (Å²) >= 11 is 1.84. The minimum absolute atomic E-state index is 0.373. The standard InChI is InChI=1S/C21H25N2OS/c1-15-11-17(12-16(2)23(15)14-18-7-6-10-24-18)13-21-22(3)19-8-4-5-9-20(19)25-21/h4-5,8-9,11-13,18H,6-7,10,14H2,1-3H3/q+1/t18-/m0/s1. The van der Waals surface area contributed by atoms with Gasteiger partial charge in [-0.3, -0.25) is 0 Å². The molecule has 2 aromatic rings. The van der Waals surface area contributed by atoms with Gasteiger partial charge in [-0.05, 0) is 36.6 Å². The van der Waals surface area contributed by atoms with Crippen LogP contribution in [0.5, 0.6) is 0 Å². The highest BCUT2D eigenvalue weighted by Crippen LogP contribution is 2.45. The van der Waals surface area contributed by atoms with Gasteiger partial charge in [0, 0.05) is 44.5 Å². The highest BCUT2D eigenvalue weighted by atomic mass is 32.2. The minimum Gasteiger partial charge on any atom is -0.372 e. The number of benzene rings is 1. The number of ether oxygens (including phenoxy) is 1. The SMILES string of the molecule is Cc1cc(C=C2Sc3ccccc3N2C)cc(C)[n+]1C[C@@H]1CCCO1. The number of hydrogen-bond acceptors (Lipinski definition) is 3. The van der Waals surface area contributed by atoms with Crippen LogP contribution < -0.4 is 9.47 Å². The Morgan fingerprint density at radius 1 is 1.24 bits per heavy atom. The van der Waals surface area contributed by atoms with E-state index in [0.29, 0.717) is 6.10 Å². The van der Waals surface area contributed by atoms with Crippen LogP contribution >= 0.6 is 11.8 Å². The zero-order valence-electron chi connectivity index (χ0n) is 15.2. The van der Waals surface area contributed by atoms with Crippen LogP contribution in [0.25, 0.3) is 6.08 Å². The van der Waals surface area contributed by atoms with Crippen molar-refractivity contribution in [3.8, 4) is 0 Å². The lowest BCUT2D eigenvalue weighted by Gasteiger charge is -2.14. The Kier molecular flexibility index (Phi) is 4.57. The fourth-order valence-electron chi connectivity index (χ4n) is 3.71. The fraction of sp³-hybridized carbons (Fsp3) is 0.381. The number of anilines is 1.